The number of piperidine rings is 1. The van der Waals surface area contributed by atoms with E-state index in [1.54, 1.807) is 18.2 Å². The SMILES string of the molecule is CC(C)COc1ccccc1CN1CCC2(CC1)CCN(C(=O)Cc1ccccc1[N+](=O)[O-])C2.O=C(O)C(F)(F)F. The number of benzene rings is 2. The Labute approximate surface area is 237 Å². The largest absolute Gasteiger partial charge is 0.493 e. The van der Waals surface area contributed by atoms with Crippen LogP contribution in [0.4, 0.5) is 18.9 Å². The number of nitrogens with zero attached hydrogens (tertiary/aromatic N) is 3. The van der Waals surface area contributed by atoms with Crippen molar-refractivity contribution >= 4 is 17.6 Å². The Balaban J connectivity index is 0.000000587. The van der Waals surface area contributed by atoms with Crippen LogP contribution in [-0.4, -0.2) is 70.7 Å². The number of nitro groups is 1. The van der Waals surface area contributed by atoms with Crippen molar-refractivity contribution in [2.75, 3.05) is 32.8 Å². The van der Waals surface area contributed by atoms with Crippen molar-refractivity contribution in [3.63, 3.8) is 0 Å². The molecule has 2 aliphatic heterocycles. The van der Waals surface area contributed by atoms with Crippen molar-refractivity contribution in [2.24, 2.45) is 11.3 Å². The minimum atomic E-state index is -5.08. The molecule has 12 heteroatoms. The number of carbonyl (C=O) groups excluding carboxylic acids is 1. The molecule has 1 amide bonds. The molecule has 0 bridgehead atoms. The summed E-state index contributed by atoms with van der Waals surface area (Å²) in [7, 11) is 0. The first-order valence-electron chi connectivity index (χ1n) is 13.5. The second-order valence-corrected chi connectivity index (χ2v) is 11.0. The molecule has 0 aliphatic carbocycles. The van der Waals surface area contributed by atoms with E-state index >= 15 is 0 Å². The molecule has 1 N–H and O–H groups in total. The highest BCUT2D eigenvalue weighted by molar-refractivity contribution is 5.80. The fourth-order valence-corrected chi connectivity index (χ4v) is 5.13. The number of carboxylic acid groups (broad SMARTS) is 1. The van der Waals surface area contributed by atoms with Gasteiger partial charge >= 0.3 is 12.1 Å². The maximum absolute atomic E-state index is 12.9. The van der Waals surface area contributed by atoms with Gasteiger partial charge in [0.25, 0.3) is 5.69 Å². The summed E-state index contributed by atoms with van der Waals surface area (Å²) in [4.78, 5) is 37.1. The summed E-state index contributed by atoms with van der Waals surface area (Å²) in [5.41, 5.74) is 1.91. The van der Waals surface area contributed by atoms with E-state index in [0.29, 0.717) is 11.5 Å². The number of nitro benzene ring substituents is 1. The lowest BCUT2D eigenvalue weighted by atomic mass is 9.77. The first kappa shape index (κ1) is 31.9. The second kappa shape index (κ2) is 13.8. The summed E-state index contributed by atoms with van der Waals surface area (Å²) < 4.78 is 37.8. The molecule has 0 aromatic heterocycles. The number of para-hydroxylation sites is 2. The number of ether oxygens (including phenoxy) is 1. The fourth-order valence-electron chi connectivity index (χ4n) is 5.13. The number of carbonyl (C=O) groups is 2. The highest BCUT2D eigenvalue weighted by Gasteiger charge is 2.42. The molecule has 2 heterocycles. The number of alkyl halides is 3. The smallest absolute Gasteiger partial charge is 0.490 e. The number of halogens is 3. The minimum Gasteiger partial charge on any atom is -0.493 e. The maximum Gasteiger partial charge on any atom is 0.490 e. The van der Waals surface area contributed by atoms with Crippen molar-refractivity contribution in [1.82, 2.24) is 9.80 Å². The molecule has 2 saturated heterocycles. The first-order valence-corrected chi connectivity index (χ1v) is 13.5. The zero-order chi connectivity index (χ0) is 30.2. The molecule has 2 aromatic rings. The van der Waals surface area contributed by atoms with Crippen molar-refractivity contribution in [3.8, 4) is 5.75 Å². The first-order chi connectivity index (χ1) is 19.3. The molecule has 0 atom stereocenters. The number of rotatable bonds is 8. The van der Waals surface area contributed by atoms with E-state index in [4.69, 9.17) is 14.6 Å². The fraction of sp³-hybridized carbons (Fsp3) is 0.517. The van der Waals surface area contributed by atoms with Crippen molar-refractivity contribution in [1.29, 1.82) is 0 Å². The van der Waals surface area contributed by atoms with E-state index in [2.05, 4.69) is 36.9 Å². The normalized spacial score (nSPS) is 16.8. The Bertz CT molecular complexity index is 1210. The van der Waals surface area contributed by atoms with Crippen LogP contribution in [0.2, 0.25) is 0 Å². The average molecular weight is 580 g/mol. The third kappa shape index (κ3) is 9.17. The quantitative estimate of drug-likeness (QED) is 0.333. The monoisotopic (exact) mass is 579 g/mol. The predicted octanol–water partition coefficient (Wildman–Crippen LogP) is 5.32. The predicted molar refractivity (Wildman–Crippen MR) is 145 cm³/mol. The van der Waals surface area contributed by atoms with Crippen LogP contribution in [0.25, 0.3) is 0 Å². The van der Waals surface area contributed by atoms with Gasteiger partial charge in [-0.15, -0.1) is 0 Å². The van der Waals surface area contributed by atoms with Gasteiger partial charge in [-0.05, 0) is 49.8 Å². The summed E-state index contributed by atoms with van der Waals surface area (Å²) in [6, 6.07) is 14.8. The lowest BCUT2D eigenvalue weighted by Crippen LogP contribution is -2.42. The third-order valence-electron chi connectivity index (χ3n) is 7.42. The van der Waals surface area contributed by atoms with Gasteiger partial charge < -0.3 is 14.7 Å². The van der Waals surface area contributed by atoms with Crippen molar-refractivity contribution in [3.05, 3.63) is 69.8 Å². The average Bonchev–Trinajstić information content (AvgIpc) is 3.33. The molecule has 0 radical (unpaired) electrons. The van der Waals surface area contributed by atoms with E-state index in [1.807, 2.05) is 11.0 Å². The van der Waals surface area contributed by atoms with Gasteiger partial charge in [-0.2, -0.15) is 13.2 Å². The number of hydrogen-bond donors (Lipinski definition) is 1. The Morgan fingerprint density at radius 3 is 2.17 bits per heavy atom. The summed E-state index contributed by atoms with van der Waals surface area (Å²) in [5.74, 6) is -1.30. The topological polar surface area (TPSA) is 113 Å². The highest BCUT2D eigenvalue weighted by Crippen LogP contribution is 2.41. The Morgan fingerprint density at radius 2 is 1.59 bits per heavy atom. The van der Waals surface area contributed by atoms with E-state index in [0.717, 1.165) is 64.3 Å². The van der Waals surface area contributed by atoms with Crippen LogP contribution >= 0.6 is 0 Å². The molecule has 9 nitrogen and oxygen atoms in total. The molecule has 41 heavy (non-hydrogen) atoms. The van der Waals surface area contributed by atoms with Gasteiger partial charge in [0.1, 0.15) is 5.75 Å². The van der Waals surface area contributed by atoms with Gasteiger partial charge in [0.15, 0.2) is 0 Å². The zero-order valence-corrected chi connectivity index (χ0v) is 23.2. The molecule has 224 valence electrons. The molecule has 2 fully saturated rings. The van der Waals surface area contributed by atoms with E-state index in [1.165, 1.54) is 11.6 Å². The van der Waals surface area contributed by atoms with Crippen LogP contribution in [0.15, 0.2) is 48.5 Å². The third-order valence-corrected chi connectivity index (χ3v) is 7.42. The molecule has 1 spiro atoms. The molecule has 0 saturated carbocycles. The van der Waals surface area contributed by atoms with Crippen LogP contribution in [0.3, 0.4) is 0 Å². The van der Waals surface area contributed by atoms with E-state index in [9.17, 15) is 28.1 Å². The molecular formula is C29H36F3N3O6. The molecule has 2 aromatic carbocycles. The summed E-state index contributed by atoms with van der Waals surface area (Å²) in [6.45, 7) is 9.42. The molecular weight excluding hydrogens is 543 g/mol. The van der Waals surface area contributed by atoms with Gasteiger partial charge in [-0.1, -0.05) is 50.2 Å². The molecule has 0 unspecified atom stereocenters. The maximum atomic E-state index is 12.9. The van der Waals surface area contributed by atoms with Gasteiger partial charge in [0.2, 0.25) is 5.91 Å². The Hall–Kier alpha value is -3.67. The Kier molecular flexibility index (Phi) is 10.7. The number of hydrogen-bond acceptors (Lipinski definition) is 6. The number of carboxylic acids is 1. The lowest BCUT2D eigenvalue weighted by Gasteiger charge is -2.39. The summed E-state index contributed by atoms with van der Waals surface area (Å²) in [5, 5.41) is 18.4. The van der Waals surface area contributed by atoms with Crippen molar-refractivity contribution < 1.29 is 37.5 Å². The second-order valence-electron chi connectivity index (χ2n) is 11.0. The van der Waals surface area contributed by atoms with Crippen LogP contribution in [0.1, 0.15) is 44.2 Å². The molecule has 2 aliphatic rings. The highest BCUT2D eigenvalue weighted by atomic mass is 19.4. The summed E-state index contributed by atoms with van der Waals surface area (Å²) in [6.07, 6.45) is -1.85. The zero-order valence-electron chi connectivity index (χ0n) is 23.2. The number of aliphatic carboxylic acids is 1. The van der Waals surface area contributed by atoms with Crippen LogP contribution in [0, 0.1) is 21.4 Å². The van der Waals surface area contributed by atoms with Crippen LogP contribution < -0.4 is 4.74 Å². The van der Waals surface area contributed by atoms with Crippen LogP contribution in [0.5, 0.6) is 5.75 Å². The number of likely N-dealkylation sites (tertiary alicyclic amines) is 2. The van der Waals surface area contributed by atoms with E-state index < -0.39 is 17.1 Å². The van der Waals surface area contributed by atoms with Crippen molar-refractivity contribution in [2.45, 2.75) is 52.3 Å². The van der Waals surface area contributed by atoms with Gasteiger partial charge in [0, 0.05) is 36.8 Å². The lowest BCUT2D eigenvalue weighted by molar-refractivity contribution is -0.385. The molecule has 4 rings (SSSR count). The van der Waals surface area contributed by atoms with Gasteiger partial charge in [-0.3, -0.25) is 19.8 Å². The van der Waals surface area contributed by atoms with Gasteiger partial charge in [0.05, 0.1) is 18.0 Å². The van der Waals surface area contributed by atoms with Gasteiger partial charge in [-0.25, -0.2) is 4.79 Å². The minimum absolute atomic E-state index is 0.00941. The summed E-state index contributed by atoms with van der Waals surface area (Å²) >= 11 is 0. The Morgan fingerprint density at radius 1 is 1.02 bits per heavy atom. The standard InChI is InChI=1S/C27H35N3O4.C2HF3O2/c1-21(2)19-34-25-10-6-4-8-23(25)18-28-14-11-27(12-15-28)13-16-29(20-27)26(31)17-22-7-3-5-9-24(22)30(32)33;3-2(4,5)1(6)7/h3-10,21H,11-20H2,1-2H3;(H,6,7). The van der Waals surface area contributed by atoms with Crippen LogP contribution in [-0.2, 0) is 22.6 Å². The number of amides is 1. The van der Waals surface area contributed by atoms with E-state index in [-0.39, 0.29) is 23.4 Å².